The van der Waals surface area contributed by atoms with Crippen molar-refractivity contribution in [1.29, 1.82) is 10.5 Å². The summed E-state index contributed by atoms with van der Waals surface area (Å²) in [5, 5.41) is 28.9. The van der Waals surface area contributed by atoms with Gasteiger partial charge in [0, 0.05) is 19.4 Å². The van der Waals surface area contributed by atoms with Crippen LogP contribution in [0, 0.1) is 28.6 Å². The van der Waals surface area contributed by atoms with Crippen LogP contribution in [0.15, 0.2) is 0 Å². The Morgan fingerprint density at radius 1 is 1.05 bits per heavy atom. The number of rotatable bonds is 11. The first-order valence-corrected chi connectivity index (χ1v) is 6.39. The molecule has 0 aliphatic heterocycles. The summed E-state index contributed by atoms with van der Waals surface area (Å²) in [5.74, 6) is -1.05. The van der Waals surface area contributed by atoms with E-state index < -0.39 is 5.97 Å². The fourth-order valence-electron chi connectivity index (χ4n) is 1.73. The number of halogens is 1. The van der Waals surface area contributed by atoms with Crippen molar-refractivity contribution < 1.29 is 9.90 Å². The lowest BCUT2D eigenvalue weighted by atomic mass is 9.96. The molecule has 19 heavy (non-hydrogen) atoms. The van der Waals surface area contributed by atoms with E-state index in [9.17, 15) is 4.79 Å². The molecule has 6 heteroatoms. The minimum Gasteiger partial charge on any atom is -0.481 e. The van der Waals surface area contributed by atoms with E-state index in [0.29, 0.717) is 32.2 Å². The second kappa shape index (κ2) is 14.8. The van der Waals surface area contributed by atoms with Gasteiger partial charge in [-0.1, -0.05) is 6.42 Å². The number of hydrogen-bond acceptors (Lipinski definition) is 4. The van der Waals surface area contributed by atoms with E-state index in [1.165, 1.54) is 0 Å². The van der Waals surface area contributed by atoms with Crippen LogP contribution in [0.2, 0.25) is 0 Å². The summed E-state index contributed by atoms with van der Waals surface area (Å²) < 4.78 is 0. The maximum Gasteiger partial charge on any atom is 0.306 e. The molecule has 0 aliphatic rings. The standard InChI is InChI=1S/C13H21N3O2.ClH/c14-8-3-1-2-6-12(13(17)18)7-4-10-16-11-5-9-15;/h12,16H,1-7,10-11H2,(H,17,18);1H. The fraction of sp³-hybridized carbons (Fsp3) is 0.769. The van der Waals surface area contributed by atoms with Gasteiger partial charge in [-0.25, -0.2) is 0 Å². The SMILES string of the molecule is Cl.N#CCCCCC(CCCNCCC#N)C(=O)O. The van der Waals surface area contributed by atoms with E-state index in [0.717, 1.165) is 25.8 Å². The second-order valence-corrected chi connectivity index (χ2v) is 4.24. The minimum absolute atomic E-state index is 0. The third-order valence-corrected chi connectivity index (χ3v) is 2.76. The molecule has 0 saturated carbocycles. The number of unbranched alkanes of at least 4 members (excludes halogenated alkanes) is 2. The Kier molecular flexibility index (Phi) is 15.6. The second-order valence-electron chi connectivity index (χ2n) is 4.24. The smallest absolute Gasteiger partial charge is 0.306 e. The van der Waals surface area contributed by atoms with Gasteiger partial charge in [-0.2, -0.15) is 10.5 Å². The molecule has 0 aromatic carbocycles. The number of nitrogens with zero attached hydrogens (tertiary/aromatic N) is 2. The first-order chi connectivity index (χ1) is 8.72. The highest BCUT2D eigenvalue weighted by molar-refractivity contribution is 5.85. The van der Waals surface area contributed by atoms with Gasteiger partial charge in [-0.05, 0) is 32.2 Å². The average molecular weight is 288 g/mol. The maximum atomic E-state index is 11.0. The van der Waals surface area contributed by atoms with Crippen LogP contribution in [0.3, 0.4) is 0 Å². The van der Waals surface area contributed by atoms with E-state index in [1.807, 2.05) is 6.07 Å². The molecule has 0 radical (unpaired) electrons. The highest BCUT2D eigenvalue weighted by atomic mass is 35.5. The molecule has 1 unspecified atom stereocenters. The van der Waals surface area contributed by atoms with Crippen LogP contribution in [0.25, 0.3) is 0 Å². The molecular formula is C13H22ClN3O2. The Morgan fingerprint density at radius 2 is 1.68 bits per heavy atom. The van der Waals surface area contributed by atoms with Crippen LogP contribution in [-0.4, -0.2) is 24.2 Å². The van der Waals surface area contributed by atoms with Gasteiger partial charge in [-0.3, -0.25) is 4.79 Å². The van der Waals surface area contributed by atoms with Crippen molar-refractivity contribution in [2.75, 3.05) is 13.1 Å². The fourth-order valence-corrected chi connectivity index (χ4v) is 1.73. The molecular weight excluding hydrogens is 266 g/mol. The van der Waals surface area contributed by atoms with Crippen molar-refractivity contribution in [3.8, 4) is 12.1 Å². The molecule has 0 fully saturated rings. The molecule has 108 valence electrons. The summed E-state index contributed by atoms with van der Waals surface area (Å²) in [6, 6.07) is 4.10. The Balaban J connectivity index is 0. The van der Waals surface area contributed by atoms with E-state index in [1.54, 1.807) is 0 Å². The van der Waals surface area contributed by atoms with Crippen molar-refractivity contribution in [3.63, 3.8) is 0 Å². The number of carboxylic acid groups (broad SMARTS) is 1. The van der Waals surface area contributed by atoms with E-state index in [-0.39, 0.29) is 18.3 Å². The van der Waals surface area contributed by atoms with Gasteiger partial charge in [0.15, 0.2) is 0 Å². The lowest BCUT2D eigenvalue weighted by Gasteiger charge is -2.11. The molecule has 5 nitrogen and oxygen atoms in total. The summed E-state index contributed by atoms with van der Waals surface area (Å²) in [6.45, 7) is 1.42. The quantitative estimate of drug-likeness (QED) is 0.569. The van der Waals surface area contributed by atoms with E-state index in [4.69, 9.17) is 15.6 Å². The predicted octanol–water partition coefficient (Wildman–Crippen LogP) is 2.48. The van der Waals surface area contributed by atoms with Gasteiger partial charge in [-0.15, -0.1) is 12.4 Å². The summed E-state index contributed by atoms with van der Waals surface area (Å²) in [4.78, 5) is 11.0. The van der Waals surface area contributed by atoms with E-state index >= 15 is 0 Å². The summed E-state index contributed by atoms with van der Waals surface area (Å²) in [5.41, 5.74) is 0. The van der Waals surface area contributed by atoms with Gasteiger partial charge in [0.25, 0.3) is 0 Å². The number of carbonyl (C=O) groups is 1. The predicted molar refractivity (Wildman–Crippen MR) is 74.8 cm³/mol. The molecule has 0 aromatic rings. The van der Waals surface area contributed by atoms with Crippen LogP contribution in [0.1, 0.15) is 44.9 Å². The van der Waals surface area contributed by atoms with Gasteiger partial charge in [0.05, 0.1) is 18.1 Å². The van der Waals surface area contributed by atoms with E-state index in [2.05, 4.69) is 11.4 Å². The van der Waals surface area contributed by atoms with Gasteiger partial charge in [0.1, 0.15) is 0 Å². The summed E-state index contributed by atoms with van der Waals surface area (Å²) in [6.07, 6.45) is 4.67. The number of nitriles is 2. The van der Waals surface area contributed by atoms with Crippen LogP contribution < -0.4 is 5.32 Å². The normalized spacial score (nSPS) is 10.8. The Labute approximate surface area is 121 Å². The topological polar surface area (TPSA) is 96.9 Å². The van der Waals surface area contributed by atoms with Crippen molar-refractivity contribution in [2.45, 2.75) is 44.9 Å². The molecule has 0 amide bonds. The molecule has 0 saturated heterocycles. The highest BCUT2D eigenvalue weighted by Gasteiger charge is 2.15. The van der Waals surface area contributed by atoms with Crippen LogP contribution in [0.5, 0.6) is 0 Å². The summed E-state index contributed by atoms with van der Waals surface area (Å²) in [7, 11) is 0. The first kappa shape index (κ1) is 20.0. The maximum absolute atomic E-state index is 11.0. The van der Waals surface area contributed by atoms with Crippen molar-refractivity contribution in [1.82, 2.24) is 5.32 Å². The van der Waals surface area contributed by atoms with Gasteiger partial charge >= 0.3 is 5.97 Å². The molecule has 0 heterocycles. The third-order valence-electron chi connectivity index (χ3n) is 2.76. The Hall–Kier alpha value is -1.30. The zero-order chi connectivity index (χ0) is 13.6. The average Bonchev–Trinajstić information content (AvgIpc) is 2.35. The monoisotopic (exact) mass is 287 g/mol. The van der Waals surface area contributed by atoms with Crippen LogP contribution >= 0.6 is 12.4 Å². The molecule has 0 rings (SSSR count). The zero-order valence-electron chi connectivity index (χ0n) is 11.1. The third kappa shape index (κ3) is 12.9. The number of nitrogens with one attached hydrogen (secondary N) is 1. The number of hydrogen-bond donors (Lipinski definition) is 2. The van der Waals surface area contributed by atoms with Crippen molar-refractivity contribution in [2.24, 2.45) is 5.92 Å². The minimum atomic E-state index is -0.746. The van der Waals surface area contributed by atoms with Gasteiger partial charge in [0.2, 0.25) is 0 Å². The Morgan fingerprint density at radius 3 is 2.26 bits per heavy atom. The number of aliphatic carboxylic acids is 1. The molecule has 1 atom stereocenters. The molecule has 0 bridgehead atoms. The van der Waals surface area contributed by atoms with Gasteiger partial charge < -0.3 is 10.4 Å². The van der Waals surface area contributed by atoms with Crippen molar-refractivity contribution in [3.05, 3.63) is 0 Å². The largest absolute Gasteiger partial charge is 0.481 e. The number of carboxylic acids is 1. The first-order valence-electron chi connectivity index (χ1n) is 6.39. The van der Waals surface area contributed by atoms with Crippen LogP contribution in [-0.2, 0) is 4.79 Å². The lowest BCUT2D eigenvalue weighted by Crippen LogP contribution is -2.19. The highest BCUT2D eigenvalue weighted by Crippen LogP contribution is 2.15. The summed E-state index contributed by atoms with van der Waals surface area (Å²) >= 11 is 0. The molecule has 0 spiro atoms. The lowest BCUT2D eigenvalue weighted by molar-refractivity contribution is -0.142. The molecule has 2 N–H and O–H groups in total. The molecule has 0 aliphatic carbocycles. The molecule has 0 aromatic heterocycles. The van der Waals surface area contributed by atoms with Crippen LogP contribution in [0.4, 0.5) is 0 Å². The Bertz CT molecular complexity index is 310. The van der Waals surface area contributed by atoms with Crippen molar-refractivity contribution >= 4 is 18.4 Å². The zero-order valence-corrected chi connectivity index (χ0v) is 11.9.